The van der Waals surface area contributed by atoms with Crippen LogP contribution in [0.1, 0.15) is 16.3 Å². The highest BCUT2D eigenvalue weighted by molar-refractivity contribution is 9.10. The van der Waals surface area contributed by atoms with Crippen LogP contribution in [0.5, 0.6) is 5.75 Å². The number of aromatic nitrogens is 1. The molecular formula is C13H15BrN2OS. The zero-order valence-corrected chi connectivity index (χ0v) is 12.6. The maximum atomic E-state index is 5.83. The second kappa shape index (κ2) is 6.31. The van der Waals surface area contributed by atoms with Crippen molar-refractivity contribution in [1.82, 2.24) is 4.98 Å². The van der Waals surface area contributed by atoms with Crippen molar-refractivity contribution in [1.29, 1.82) is 0 Å². The number of rotatable bonds is 5. The predicted molar refractivity (Wildman–Crippen MR) is 78.1 cm³/mol. The van der Waals surface area contributed by atoms with E-state index in [4.69, 9.17) is 10.5 Å². The molecule has 2 aromatic rings. The van der Waals surface area contributed by atoms with Crippen molar-refractivity contribution in [2.24, 2.45) is 5.73 Å². The Kier molecular flexibility index (Phi) is 4.74. The van der Waals surface area contributed by atoms with Crippen molar-refractivity contribution in [3.05, 3.63) is 44.3 Å². The van der Waals surface area contributed by atoms with E-state index >= 15 is 0 Å². The van der Waals surface area contributed by atoms with E-state index in [1.54, 1.807) is 11.3 Å². The van der Waals surface area contributed by atoms with Gasteiger partial charge in [-0.2, -0.15) is 0 Å². The summed E-state index contributed by atoms with van der Waals surface area (Å²) in [6.45, 7) is 3.11. The van der Waals surface area contributed by atoms with Crippen LogP contribution >= 0.6 is 27.3 Å². The van der Waals surface area contributed by atoms with Crippen LogP contribution in [0.2, 0.25) is 0 Å². The highest BCUT2D eigenvalue weighted by atomic mass is 79.9. The average Bonchev–Trinajstić information content (AvgIpc) is 2.74. The van der Waals surface area contributed by atoms with Crippen molar-refractivity contribution in [3.8, 4) is 5.75 Å². The molecule has 2 rings (SSSR count). The van der Waals surface area contributed by atoms with Gasteiger partial charge in [0, 0.05) is 16.6 Å². The molecule has 0 fully saturated rings. The van der Waals surface area contributed by atoms with Crippen LogP contribution in [0.15, 0.2) is 28.1 Å². The van der Waals surface area contributed by atoms with Gasteiger partial charge in [0.05, 0.1) is 10.6 Å². The summed E-state index contributed by atoms with van der Waals surface area (Å²) >= 11 is 5.17. The van der Waals surface area contributed by atoms with Crippen LogP contribution in [0, 0.1) is 6.92 Å². The van der Waals surface area contributed by atoms with E-state index < -0.39 is 0 Å². The second-order valence-corrected chi connectivity index (χ2v) is 5.77. The number of ether oxygens (including phenoxy) is 1. The molecule has 0 aliphatic carbocycles. The predicted octanol–water partition coefficient (Wildman–Crippen LogP) is 3.29. The number of aryl methyl sites for hydroxylation is 1. The molecule has 18 heavy (non-hydrogen) atoms. The van der Waals surface area contributed by atoms with Gasteiger partial charge in [-0.1, -0.05) is 0 Å². The summed E-state index contributed by atoms with van der Waals surface area (Å²) in [5.74, 6) is 0.825. The van der Waals surface area contributed by atoms with Gasteiger partial charge in [0.1, 0.15) is 12.4 Å². The SMILES string of the molecule is Cc1ccc(OCc2sccc2Br)c(CCN)n1. The smallest absolute Gasteiger partial charge is 0.141 e. The first-order chi connectivity index (χ1) is 8.70. The van der Waals surface area contributed by atoms with Gasteiger partial charge >= 0.3 is 0 Å². The molecule has 96 valence electrons. The molecule has 0 bridgehead atoms. The molecule has 2 heterocycles. The molecule has 0 spiro atoms. The average molecular weight is 327 g/mol. The fourth-order valence-corrected chi connectivity index (χ4v) is 2.99. The largest absolute Gasteiger partial charge is 0.486 e. The minimum atomic E-state index is 0.556. The molecule has 0 amide bonds. The van der Waals surface area contributed by atoms with Crippen molar-refractivity contribution in [3.63, 3.8) is 0 Å². The van der Waals surface area contributed by atoms with Gasteiger partial charge in [-0.15, -0.1) is 11.3 Å². The summed E-state index contributed by atoms with van der Waals surface area (Å²) in [4.78, 5) is 5.65. The molecule has 0 aliphatic rings. The van der Waals surface area contributed by atoms with E-state index in [-0.39, 0.29) is 0 Å². The standard InChI is InChI=1S/C13H15BrN2OS/c1-9-2-3-12(11(16-9)4-6-15)17-8-13-10(14)5-7-18-13/h2-3,5,7H,4,6,8,15H2,1H3. The molecule has 0 saturated carbocycles. The number of hydrogen-bond acceptors (Lipinski definition) is 4. The van der Waals surface area contributed by atoms with Gasteiger partial charge in [-0.25, -0.2) is 0 Å². The Labute approximate surface area is 119 Å². The summed E-state index contributed by atoms with van der Waals surface area (Å²) in [5, 5.41) is 2.04. The zero-order valence-electron chi connectivity index (χ0n) is 10.1. The van der Waals surface area contributed by atoms with Crippen LogP contribution in [-0.2, 0) is 13.0 Å². The molecule has 0 atom stereocenters. The van der Waals surface area contributed by atoms with Crippen LogP contribution in [0.25, 0.3) is 0 Å². The Morgan fingerprint density at radius 3 is 2.89 bits per heavy atom. The summed E-state index contributed by atoms with van der Waals surface area (Å²) in [6.07, 6.45) is 0.739. The van der Waals surface area contributed by atoms with Gasteiger partial charge in [-0.05, 0) is 53.0 Å². The van der Waals surface area contributed by atoms with Gasteiger partial charge in [0.15, 0.2) is 0 Å². The van der Waals surface area contributed by atoms with E-state index in [9.17, 15) is 0 Å². The number of halogens is 1. The molecule has 2 aromatic heterocycles. The molecule has 3 nitrogen and oxygen atoms in total. The first-order valence-electron chi connectivity index (χ1n) is 5.72. The highest BCUT2D eigenvalue weighted by Gasteiger charge is 2.07. The van der Waals surface area contributed by atoms with Crippen LogP contribution in [0.4, 0.5) is 0 Å². The summed E-state index contributed by atoms with van der Waals surface area (Å²) in [7, 11) is 0. The van der Waals surface area contributed by atoms with Gasteiger partial charge < -0.3 is 10.5 Å². The zero-order chi connectivity index (χ0) is 13.0. The van der Waals surface area contributed by atoms with Crippen molar-refractivity contribution in [2.45, 2.75) is 20.0 Å². The lowest BCUT2D eigenvalue weighted by molar-refractivity contribution is 0.304. The molecule has 0 aromatic carbocycles. The van der Waals surface area contributed by atoms with E-state index in [1.165, 1.54) is 4.88 Å². The van der Waals surface area contributed by atoms with Crippen LogP contribution in [0.3, 0.4) is 0 Å². The van der Waals surface area contributed by atoms with E-state index in [0.717, 1.165) is 28.0 Å². The highest BCUT2D eigenvalue weighted by Crippen LogP contribution is 2.25. The Balaban J connectivity index is 2.11. The normalized spacial score (nSPS) is 10.6. The third kappa shape index (κ3) is 3.31. The van der Waals surface area contributed by atoms with Crippen LogP contribution in [-0.4, -0.2) is 11.5 Å². The topological polar surface area (TPSA) is 48.1 Å². The first kappa shape index (κ1) is 13.5. The summed E-state index contributed by atoms with van der Waals surface area (Å²) < 4.78 is 6.92. The van der Waals surface area contributed by atoms with Gasteiger partial charge in [0.2, 0.25) is 0 Å². The lowest BCUT2D eigenvalue weighted by atomic mass is 10.2. The Morgan fingerprint density at radius 1 is 1.39 bits per heavy atom. The third-order valence-electron chi connectivity index (χ3n) is 2.50. The molecule has 5 heteroatoms. The minimum absolute atomic E-state index is 0.556. The maximum Gasteiger partial charge on any atom is 0.141 e. The lowest BCUT2D eigenvalue weighted by Crippen LogP contribution is -2.07. The van der Waals surface area contributed by atoms with E-state index in [2.05, 4.69) is 20.9 Å². The molecule has 0 unspecified atom stereocenters. The van der Waals surface area contributed by atoms with Crippen LogP contribution < -0.4 is 10.5 Å². The molecule has 0 aliphatic heterocycles. The Morgan fingerprint density at radius 2 is 2.22 bits per heavy atom. The number of nitrogens with two attached hydrogens (primary N) is 1. The number of nitrogens with zero attached hydrogens (tertiary/aromatic N) is 1. The monoisotopic (exact) mass is 326 g/mol. The maximum absolute atomic E-state index is 5.83. The summed E-state index contributed by atoms with van der Waals surface area (Å²) in [6, 6.07) is 5.95. The lowest BCUT2D eigenvalue weighted by Gasteiger charge is -2.10. The Bertz CT molecular complexity index is 527. The molecule has 0 radical (unpaired) electrons. The first-order valence-corrected chi connectivity index (χ1v) is 7.39. The third-order valence-corrected chi connectivity index (χ3v) is 4.40. The molecule has 2 N–H and O–H groups in total. The second-order valence-electron chi connectivity index (χ2n) is 3.92. The number of pyridine rings is 1. The fourth-order valence-electron chi connectivity index (χ4n) is 1.62. The van der Waals surface area contributed by atoms with Crippen molar-refractivity contribution >= 4 is 27.3 Å². The number of thiophene rings is 1. The molecular weight excluding hydrogens is 312 g/mol. The summed E-state index contributed by atoms with van der Waals surface area (Å²) in [5.41, 5.74) is 7.52. The van der Waals surface area contributed by atoms with Crippen molar-refractivity contribution < 1.29 is 4.74 Å². The minimum Gasteiger partial charge on any atom is -0.486 e. The fraction of sp³-hybridized carbons (Fsp3) is 0.308. The van der Waals surface area contributed by atoms with Crippen molar-refractivity contribution in [2.75, 3.05) is 6.54 Å². The van der Waals surface area contributed by atoms with E-state index in [1.807, 2.05) is 30.5 Å². The number of hydrogen-bond donors (Lipinski definition) is 1. The van der Waals surface area contributed by atoms with Gasteiger partial charge in [-0.3, -0.25) is 4.98 Å². The molecule has 0 saturated heterocycles. The quantitative estimate of drug-likeness (QED) is 0.917. The van der Waals surface area contributed by atoms with Gasteiger partial charge in [0.25, 0.3) is 0 Å². The Hall–Kier alpha value is -0.910. The van der Waals surface area contributed by atoms with E-state index in [0.29, 0.717) is 13.2 Å².